The first-order chi connectivity index (χ1) is 7.49. The lowest BCUT2D eigenvalue weighted by molar-refractivity contribution is -0.126. The molecule has 0 bridgehead atoms. The van der Waals surface area contributed by atoms with Gasteiger partial charge in [0.05, 0.1) is 12.5 Å². The van der Waals surface area contributed by atoms with E-state index in [0.29, 0.717) is 6.42 Å². The molecule has 5 nitrogen and oxygen atoms in total. The molecule has 0 saturated heterocycles. The Hall–Kier alpha value is -1.10. The zero-order chi connectivity index (χ0) is 12.1. The van der Waals surface area contributed by atoms with Gasteiger partial charge in [-0.3, -0.25) is 9.59 Å². The summed E-state index contributed by atoms with van der Waals surface area (Å²) in [6.45, 7) is 1.58. The van der Waals surface area contributed by atoms with Gasteiger partial charge >= 0.3 is 0 Å². The topological polar surface area (TPSA) is 92.4 Å². The molecule has 0 heterocycles. The fourth-order valence-corrected chi connectivity index (χ4v) is 2.13. The van der Waals surface area contributed by atoms with Gasteiger partial charge in [-0.2, -0.15) is 0 Å². The van der Waals surface area contributed by atoms with Crippen molar-refractivity contribution in [3.05, 3.63) is 0 Å². The fraction of sp³-hybridized carbons (Fsp3) is 0.818. The number of aliphatic hydroxyl groups is 1. The second-order valence-electron chi connectivity index (χ2n) is 4.58. The summed E-state index contributed by atoms with van der Waals surface area (Å²) in [4.78, 5) is 22.4. The number of rotatable bonds is 4. The summed E-state index contributed by atoms with van der Waals surface area (Å²) in [6.07, 6.45) is 2.72. The molecule has 3 atom stereocenters. The molecule has 3 unspecified atom stereocenters. The molecule has 1 saturated carbocycles. The molecular weight excluding hydrogens is 208 g/mol. The van der Waals surface area contributed by atoms with Crippen LogP contribution in [0.4, 0.5) is 0 Å². The second-order valence-corrected chi connectivity index (χ2v) is 4.58. The van der Waals surface area contributed by atoms with E-state index in [1.54, 1.807) is 6.92 Å². The number of carbonyl (C=O) groups is 2. The standard InChI is InChI=1S/C11H20N2O3/c1-7(14)5-10(15)13-9-4-2-3-8(6-9)11(12)16/h7-9,14H,2-6H2,1H3,(H2,12,16)(H,13,15). The van der Waals surface area contributed by atoms with Crippen molar-refractivity contribution in [3.63, 3.8) is 0 Å². The average molecular weight is 228 g/mol. The number of nitrogens with one attached hydrogen (secondary N) is 1. The highest BCUT2D eigenvalue weighted by Gasteiger charge is 2.26. The van der Waals surface area contributed by atoms with Crippen LogP contribution in [0.1, 0.15) is 39.0 Å². The van der Waals surface area contributed by atoms with Gasteiger partial charge in [-0.25, -0.2) is 0 Å². The minimum atomic E-state index is -0.629. The molecule has 4 N–H and O–H groups in total. The van der Waals surface area contributed by atoms with Crippen molar-refractivity contribution in [2.45, 2.75) is 51.2 Å². The van der Waals surface area contributed by atoms with Gasteiger partial charge in [0.15, 0.2) is 0 Å². The Balaban J connectivity index is 2.37. The highest BCUT2D eigenvalue weighted by atomic mass is 16.3. The Morgan fingerprint density at radius 2 is 2.19 bits per heavy atom. The van der Waals surface area contributed by atoms with Crippen LogP contribution in [0.3, 0.4) is 0 Å². The molecule has 1 aliphatic carbocycles. The summed E-state index contributed by atoms with van der Waals surface area (Å²) in [5, 5.41) is 11.9. The quantitative estimate of drug-likeness (QED) is 0.628. The first kappa shape index (κ1) is 13.0. The van der Waals surface area contributed by atoms with Crippen LogP contribution in [-0.4, -0.2) is 29.1 Å². The van der Waals surface area contributed by atoms with Crippen molar-refractivity contribution in [3.8, 4) is 0 Å². The van der Waals surface area contributed by atoms with Crippen molar-refractivity contribution >= 4 is 11.8 Å². The summed E-state index contributed by atoms with van der Waals surface area (Å²) >= 11 is 0. The van der Waals surface area contributed by atoms with Crippen molar-refractivity contribution in [1.29, 1.82) is 0 Å². The van der Waals surface area contributed by atoms with E-state index in [0.717, 1.165) is 19.3 Å². The SMILES string of the molecule is CC(O)CC(=O)NC1CCCC(C(N)=O)C1. The lowest BCUT2D eigenvalue weighted by Gasteiger charge is -2.28. The summed E-state index contributed by atoms with van der Waals surface area (Å²) in [7, 11) is 0. The van der Waals surface area contributed by atoms with Gasteiger partial charge in [-0.1, -0.05) is 6.42 Å². The molecule has 0 aliphatic heterocycles. The van der Waals surface area contributed by atoms with Crippen molar-refractivity contribution in [2.24, 2.45) is 11.7 Å². The molecule has 2 amide bonds. The van der Waals surface area contributed by atoms with Crippen LogP contribution < -0.4 is 11.1 Å². The highest BCUT2D eigenvalue weighted by molar-refractivity contribution is 5.78. The highest BCUT2D eigenvalue weighted by Crippen LogP contribution is 2.23. The number of carbonyl (C=O) groups excluding carboxylic acids is 2. The first-order valence-electron chi connectivity index (χ1n) is 5.75. The number of primary amides is 1. The van der Waals surface area contributed by atoms with Crippen molar-refractivity contribution in [2.75, 3.05) is 0 Å². The molecule has 0 aromatic rings. The third kappa shape index (κ3) is 4.18. The van der Waals surface area contributed by atoms with Gasteiger partial charge in [0.1, 0.15) is 0 Å². The normalized spacial score (nSPS) is 27.1. The molecule has 0 aromatic carbocycles. The lowest BCUT2D eigenvalue weighted by atomic mass is 9.85. The van der Waals surface area contributed by atoms with E-state index in [4.69, 9.17) is 10.8 Å². The van der Waals surface area contributed by atoms with Crippen LogP contribution in [0.15, 0.2) is 0 Å². The molecule has 1 aliphatic rings. The third-order valence-corrected chi connectivity index (χ3v) is 2.92. The van der Waals surface area contributed by atoms with Crippen LogP contribution in [0.5, 0.6) is 0 Å². The molecule has 16 heavy (non-hydrogen) atoms. The molecule has 92 valence electrons. The maximum absolute atomic E-state index is 11.4. The predicted octanol–water partition coefficient (Wildman–Crippen LogP) is -0.0824. The molecule has 0 aromatic heterocycles. The van der Waals surface area contributed by atoms with Gasteiger partial charge in [-0.15, -0.1) is 0 Å². The molecule has 1 rings (SSSR count). The van der Waals surface area contributed by atoms with Crippen molar-refractivity contribution < 1.29 is 14.7 Å². The summed E-state index contributed by atoms with van der Waals surface area (Å²) in [5.41, 5.74) is 5.25. The maximum Gasteiger partial charge on any atom is 0.222 e. The summed E-state index contributed by atoms with van der Waals surface area (Å²) in [6, 6.07) is 0.0255. The number of amides is 2. The largest absolute Gasteiger partial charge is 0.393 e. The van der Waals surface area contributed by atoms with E-state index < -0.39 is 6.10 Å². The van der Waals surface area contributed by atoms with Crippen LogP contribution >= 0.6 is 0 Å². The van der Waals surface area contributed by atoms with Gasteiger partial charge in [0, 0.05) is 12.0 Å². The zero-order valence-corrected chi connectivity index (χ0v) is 9.61. The van der Waals surface area contributed by atoms with Gasteiger partial charge in [-0.05, 0) is 26.2 Å². The van der Waals surface area contributed by atoms with Gasteiger partial charge in [0.2, 0.25) is 11.8 Å². The maximum atomic E-state index is 11.4. The number of hydrogen-bond acceptors (Lipinski definition) is 3. The van der Waals surface area contributed by atoms with Crippen LogP contribution in [0.25, 0.3) is 0 Å². The van der Waals surface area contributed by atoms with Crippen LogP contribution in [-0.2, 0) is 9.59 Å². The van der Waals surface area contributed by atoms with Crippen molar-refractivity contribution in [1.82, 2.24) is 5.32 Å². The molecule has 0 radical (unpaired) electrons. The van der Waals surface area contributed by atoms with E-state index >= 15 is 0 Å². The average Bonchev–Trinajstić information content (AvgIpc) is 2.16. The number of hydrogen-bond donors (Lipinski definition) is 3. The first-order valence-corrected chi connectivity index (χ1v) is 5.75. The fourth-order valence-electron chi connectivity index (χ4n) is 2.13. The zero-order valence-electron chi connectivity index (χ0n) is 9.61. The van der Waals surface area contributed by atoms with E-state index in [1.165, 1.54) is 0 Å². The summed E-state index contributed by atoms with van der Waals surface area (Å²) in [5.74, 6) is -0.565. The van der Waals surface area contributed by atoms with Crippen LogP contribution in [0, 0.1) is 5.92 Å². The number of aliphatic hydroxyl groups excluding tert-OH is 1. The molecule has 5 heteroatoms. The van der Waals surface area contributed by atoms with E-state index in [1.807, 2.05) is 0 Å². The van der Waals surface area contributed by atoms with E-state index in [2.05, 4.69) is 5.32 Å². The summed E-state index contributed by atoms with van der Waals surface area (Å²) < 4.78 is 0. The molecule has 1 fully saturated rings. The molecular formula is C11H20N2O3. The van der Waals surface area contributed by atoms with Gasteiger partial charge in [0.25, 0.3) is 0 Å². The van der Waals surface area contributed by atoms with E-state index in [-0.39, 0.29) is 30.2 Å². The molecule has 0 spiro atoms. The Kier molecular flexibility index (Phi) is 4.73. The Labute approximate surface area is 95.4 Å². The second kappa shape index (κ2) is 5.84. The minimum Gasteiger partial charge on any atom is -0.393 e. The lowest BCUT2D eigenvalue weighted by Crippen LogP contribution is -2.41. The monoisotopic (exact) mass is 228 g/mol. The minimum absolute atomic E-state index is 0.0255. The Bertz CT molecular complexity index is 266. The van der Waals surface area contributed by atoms with Crippen LogP contribution in [0.2, 0.25) is 0 Å². The number of nitrogens with two attached hydrogens (primary N) is 1. The Morgan fingerprint density at radius 1 is 1.50 bits per heavy atom. The third-order valence-electron chi connectivity index (χ3n) is 2.92. The van der Waals surface area contributed by atoms with E-state index in [9.17, 15) is 9.59 Å². The van der Waals surface area contributed by atoms with Gasteiger partial charge < -0.3 is 16.2 Å². The predicted molar refractivity (Wildman–Crippen MR) is 59.4 cm³/mol. The smallest absolute Gasteiger partial charge is 0.222 e. The Morgan fingerprint density at radius 3 is 2.75 bits per heavy atom.